The number of fused-ring (bicyclic) bond motifs is 3. The normalized spacial score (nSPS) is 30.4. The molecule has 0 amide bonds. The van der Waals surface area contributed by atoms with Crippen molar-refractivity contribution in [2.45, 2.75) is 18.5 Å². The third-order valence-corrected chi connectivity index (χ3v) is 5.21. The van der Waals surface area contributed by atoms with E-state index in [4.69, 9.17) is 23.2 Å². The lowest BCUT2D eigenvalue weighted by Gasteiger charge is -2.50. The van der Waals surface area contributed by atoms with Crippen molar-refractivity contribution in [2.24, 2.45) is 0 Å². The molecular weight excluding hydrogens is 293 g/mol. The minimum atomic E-state index is 0.411. The lowest BCUT2D eigenvalue weighted by Crippen LogP contribution is -2.66. The minimum Gasteiger partial charge on any atom is -0.315 e. The number of benzene rings is 1. The summed E-state index contributed by atoms with van der Waals surface area (Å²) in [6, 6.07) is 6.71. The van der Waals surface area contributed by atoms with E-state index in [1.165, 1.54) is 26.2 Å². The summed E-state index contributed by atoms with van der Waals surface area (Å²) in [7, 11) is 2.04. The molecule has 4 rings (SSSR count). The number of nitrogens with zero attached hydrogens (tertiary/aromatic N) is 2. The Morgan fingerprint density at radius 2 is 2.00 bits per heavy atom. The number of hydrogen-bond acceptors (Lipinski definition) is 3. The molecule has 0 aliphatic carbocycles. The van der Waals surface area contributed by atoms with Gasteiger partial charge in [-0.3, -0.25) is 9.80 Å². The van der Waals surface area contributed by atoms with Gasteiger partial charge in [-0.05, 0) is 37.2 Å². The summed E-state index contributed by atoms with van der Waals surface area (Å²) in [5.41, 5.74) is 1.14. The number of hydrogen-bond donors (Lipinski definition) is 1. The van der Waals surface area contributed by atoms with Gasteiger partial charge in [0.15, 0.2) is 0 Å². The van der Waals surface area contributed by atoms with E-state index in [2.05, 4.69) is 15.1 Å². The molecule has 3 heterocycles. The molecule has 20 heavy (non-hydrogen) atoms. The minimum absolute atomic E-state index is 0.411. The molecular formula is C15H21Cl2N3. The molecule has 1 aromatic carbocycles. The van der Waals surface area contributed by atoms with Crippen LogP contribution in [0.1, 0.15) is 5.56 Å². The van der Waals surface area contributed by atoms with Gasteiger partial charge in [-0.15, -0.1) is 0 Å². The van der Waals surface area contributed by atoms with Crippen molar-refractivity contribution in [1.29, 1.82) is 0 Å². The first-order valence-corrected chi connectivity index (χ1v) is 8.00. The molecule has 0 radical (unpaired) electrons. The Morgan fingerprint density at radius 1 is 1.25 bits per heavy atom. The fraction of sp³-hybridized carbons (Fsp3) is 0.600. The summed E-state index contributed by atoms with van der Waals surface area (Å²) in [5.74, 6) is 0. The molecule has 3 aliphatic heterocycles. The maximum absolute atomic E-state index is 6.30. The number of rotatable bonds is 4. The van der Waals surface area contributed by atoms with Gasteiger partial charge in [0.1, 0.15) is 0 Å². The monoisotopic (exact) mass is 313 g/mol. The Labute approximate surface area is 130 Å². The Balaban J connectivity index is 1.75. The third kappa shape index (κ3) is 2.97. The van der Waals surface area contributed by atoms with Crippen molar-refractivity contribution in [1.82, 2.24) is 15.1 Å². The SMILES string of the molecule is CNC(Cc1cc(Cl)ccc1Cl)C1CN2CCN1CC2. The zero-order valence-corrected chi connectivity index (χ0v) is 13.3. The van der Waals surface area contributed by atoms with Crippen LogP contribution in [0, 0.1) is 0 Å². The Kier molecular flexibility index (Phi) is 4.53. The summed E-state index contributed by atoms with van der Waals surface area (Å²) in [4.78, 5) is 5.17. The van der Waals surface area contributed by atoms with Crippen LogP contribution in [-0.4, -0.2) is 61.7 Å². The van der Waals surface area contributed by atoms with E-state index in [0.717, 1.165) is 28.6 Å². The molecule has 2 unspecified atom stereocenters. The second kappa shape index (κ2) is 6.20. The van der Waals surface area contributed by atoms with Gasteiger partial charge in [-0.2, -0.15) is 0 Å². The standard InChI is InChI=1S/C15H21Cl2N3/c1-18-14(9-11-8-12(16)2-3-13(11)17)15-10-19-4-6-20(15)7-5-19/h2-3,8,14-15,18H,4-7,9-10H2,1H3. The van der Waals surface area contributed by atoms with Gasteiger partial charge in [0.05, 0.1) is 0 Å². The molecule has 1 N–H and O–H groups in total. The van der Waals surface area contributed by atoms with Crippen molar-refractivity contribution < 1.29 is 0 Å². The molecule has 2 bridgehead atoms. The molecule has 0 saturated carbocycles. The Morgan fingerprint density at radius 3 is 2.60 bits per heavy atom. The molecule has 3 nitrogen and oxygen atoms in total. The molecule has 3 aliphatic rings. The molecule has 3 fully saturated rings. The highest BCUT2D eigenvalue weighted by atomic mass is 35.5. The van der Waals surface area contributed by atoms with Gasteiger partial charge in [-0.1, -0.05) is 23.2 Å². The summed E-state index contributed by atoms with van der Waals surface area (Å²) in [6.07, 6.45) is 0.922. The summed E-state index contributed by atoms with van der Waals surface area (Å²) < 4.78 is 0. The zero-order valence-electron chi connectivity index (χ0n) is 11.8. The fourth-order valence-corrected chi connectivity index (χ4v) is 3.80. The van der Waals surface area contributed by atoms with E-state index in [9.17, 15) is 0 Å². The van der Waals surface area contributed by atoms with Crippen molar-refractivity contribution in [3.63, 3.8) is 0 Å². The zero-order chi connectivity index (χ0) is 14.1. The predicted molar refractivity (Wildman–Crippen MR) is 84.8 cm³/mol. The van der Waals surface area contributed by atoms with Crippen LogP contribution in [0.5, 0.6) is 0 Å². The molecule has 0 aromatic heterocycles. The van der Waals surface area contributed by atoms with E-state index in [1.54, 1.807) is 0 Å². The molecule has 5 heteroatoms. The second-order valence-corrected chi connectivity index (χ2v) is 6.58. The third-order valence-electron chi connectivity index (χ3n) is 4.60. The number of piperazine rings is 3. The second-order valence-electron chi connectivity index (χ2n) is 5.74. The number of likely N-dealkylation sites (N-methyl/N-ethyl adjacent to an activating group) is 1. The lowest BCUT2D eigenvalue weighted by atomic mass is 9.94. The fourth-order valence-electron chi connectivity index (χ4n) is 3.41. The predicted octanol–water partition coefficient (Wildman–Crippen LogP) is 2.12. The van der Waals surface area contributed by atoms with Crippen molar-refractivity contribution in [2.75, 3.05) is 39.8 Å². The van der Waals surface area contributed by atoms with Gasteiger partial charge in [0.25, 0.3) is 0 Å². The van der Waals surface area contributed by atoms with Crippen LogP contribution in [0.25, 0.3) is 0 Å². The number of nitrogens with one attached hydrogen (secondary N) is 1. The summed E-state index contributed by atoms with van der Waals surface area (Å²) >= 11 is 12.4. The quantitative estimate of drug-likeness (QED) is 0.918. The molecule has 110 valence electrons. The van der Waals surface area contributed by atoms with Crippen LogP contribution in [0.3, 0.4) is 0 Å². The summed E-state index contributed by atoms with van der Waals surface area (Å²) in [6.45, 7) is 5.96. The molecule has 1 aromatic rings. The molecule has 2 atom stereocenters. The highest BCUT2D eigenvalue weighted by Crippen LogP contribution is 2.25. The summed E-state index contributed by atoms with van der Waals surface area (Å²) in [5, 5.41) is 5.05. The van der Waals surface area contributed by atoms with E-state index < -0.39 is 0 Å². The van der Waals surface area contributed by atoms with Gasteiger partial charge in [0, 0.05) is 54.9 Å². The Bertz CT molecular complexity index is 472. The topological polar surface area (TPSA) is 18.5 Å². The largest absolute Gasteiger partial charge is 0.315 e. The van der Waals surface area contributed by atoms with Gasteiger partial charge >= 0.3 is 0 Å². The van der Waals surface area contributed by atoms with Gasteiger partial charge in [0.2, 0.25) is 0 Å². The van der Waals surface area contributed by atoms with Crippen LogP contribution in [-0.2, 0) is 6.42 Å². The van der Waals surface area contributed by atoms with Crippen LogP contribution < -0.4 is 5.32 Å². The maximum Gasteiger partial charge on any atom is 0.0439 e. The molecule has 3 saturated heterocycles. The van der Waals surface area contributed by atoms with E-state index in [-0.39, 0.29) is 0 Å². The lowest BCUT2D eigenvalue weighted by molar-refractivity contribution is -0.00201. The van der Waals surface area contributed by atoms with Gasteiger partial charge in [-0.25, -0.2) is 0 Å². The van der Waals surface area contributed by atoms with Crippen molar-refractivity contribution >= 4 is 23.2 Å². The first-order valence-electron chi connectivity index (χ1n) is 7.25. The maximum atomic E-state index is 6.30. The van der Waals surface area contributed by atoms with Crippen LogP contribution in [0.15, 0.2) is 18.2 Å². The number of halogens is 2. The Hall–Kier alpha value is -0.320. The van der Waals surface area contributed by atoms with Crippen LogP contribution in [0.4, 0.5) is 0 Å². The first kappa shape index (κ1) is 14.6. The average molecular weight is 314 g/mol. The average Bonchev–Trinajstić information content (AvgIpc) is 2.49. The van der Waals surface area contributed by atoms with Crippen LogP contribution in [0.2, 0.25) is 10.0 Å². The highest BCUT2D eigenvalue weighted by Gasteiger charge is 2.36. The smallest absolute Gasteiger partial charge is 0.0439 e. The van der Waals surface area contributed by atoms with E-state index in [0.29, 0.717) is 12.1 Å². The van der Waals surface area contributed by atoms with E-state index >= 15 is 0 Å². The van der Waals surface area contributed by atoms with Crippen LogP contribution >= 0.6 is 23.2 Å². The first-order chi connectivity index (χ1) is 9.67. The van der Waals surface area contributed by atoms with Crippen molar-refractivity contribution in [3.8, 4) is 0 Å². The highest BCUT2D eigenvalue weighted by molar-refractivity contribution is 6.33. The van der Waals surface area contributed by atoms with Gasteiger partial charge < -0.3 is 5.32 Å². The van der Waals surface area contributed by atoms with E-state index in [1.807, 2.05) is 25.2 Å². The molecule has 0 spiro atoms. The van der Waals surface area contributed by atoms with Crippen molar-refractivity contribution in [3.05, 3.63) is 33.8 Å².